The second-order valence-corrected chi connectivity index (χ2v) is 3.41. The molecule has 0 bridgehead atoms. The number of benzene rings is 1. The van der Waals surface area contributed by atoms with Crippen LogP contribution >= 0.6 is 0 Å². The van der Waals surface area contributed by atoms with Gasteiger partial charge in [-0.25, -0.2) is 9.78 Å². The maximum Gasteiger partial charge on any atom is 0.332 e. The van der Waals surface area contributed by atoms with Gasteiger partial charge in [0.1, 0.15) is 0 Å². The molecule has 2 aromatic rings. The Labute approximate surface area is 91.4 Å². The van der Waals surface area contributed by atoms with Crippen LogP contribution in [-0.4, -0.2) is 32.3 Å². The molecule has 1 aromatic carbocycles. The summed E-state index contributed by atoms with van der Waals surface area (Å²) in [6.45, 7) is 0. The Hall–Kier alpha value is -2.01. The van der Waals surface area contributed by atoms with Crippen LogP contribution in [0.2, 0.25) is 0 Å². The van der Waals surface area contributed by atoms with Crippen molar-refractivity contribution in [1.29, 1.82) is 0 Å². The number of nitrogens with zero attached hydrogens (tertiary/aromatic N) is 2. The molecule has 0 amide bonds. The maximum absolute atomic E-state index is 10.5. The lowest BCUT2D eigenvalue weighted by Crippen LogP contribution is -2.22. The zero-order valence-electron chi connectivity index (χ0n) is 8.37. The molecule has 5 heteroatoms. The van der Waals surface area contributed by atoms with Crippen molar-refractivity contribution in [2.24, 2.45) is 0 Å². The second kappa shape index (κ2) is 4.24. The van der Waals surface area contributed by atoms with Gasteiger partial charge < -0.3 is 10.2 Å². The predicted octanol–water partition coefficient (Wildman–Crippen LogP) is 0.618. The van der Waals surface area contributed by atoms with E-state index in [1.54, 1.807) is 6.07 Å². The summed E-state index contributed by atoms with van der Waals surface area (Å²) in [4.78, 5) is 18.8. The van der Waals surface area contributed by atoms with Gasteiger partial charge in [0, 0.05) is 12.6 Å². The molecule has 0 aliphatic heterocycles. The monoisotopic (exact) mass is 218 g/mol. The van der Waals surface area contributed by atoms with Crippen molar-refractivity contribution in [3.8, 4) is 0 Å². The van der Waals surface area contributed by atoms with Gasteiger partial charge in [0.2, 0.25) is 0 Å². The van der Waals surface area contributed by atoms with Crippen LogP contribution in [0.5, 0.6) is 0 Å². The first-order chi connectivity index (χ1) is 7.66. The van der Waals surface area contributed by atoms with E-state index in [4.69, 9.17) is 5.11 Å². The van der Waals surface area contributed by atoms with Crippen molar-refractivity contribution in [1.82, 2.24) is 9.97 Å². The first-order valence-corrected chi connectivity index (χ1v) is 4.78. The molecule has 2 rings (SSSR count). The lowest BCUT2D eigenvalue weighted by Gasteiger charge is -2.05. The number of aromatic nitrogens is 2. The van der Waals surface area contributed by atoms with Crippen LogP contribution in [0.3, 0.4) is 0 Å². The van der Waals surface area contributed by atoms with E-state index in [0.29, 0.717) is 11.2 Å². The molecule has 0 fully saturated rings. The number of rotatable bonds is 3. The Morgan fingerprint density at radius 1 is 1.31 bits per heavy atom. The van der Waals surface area contributed by atoms with E-state index in [-0.39, 0.29) is 6.42 Å². The zero-order valence-corrected chi connectivity index (χ0v) is 8.37. The van der Waals surface area contributed by atoms with Crippen LogP contribution in [0.4, 0.5) is 0 Å². The lowest BCUT2D eigenvalue weighted by atomic mass is 10.2. The number of carboxylic acids is 1. The Morgan fingerprint density at radius 3 is 2.69 bits per heavy atom. The fraction of sp³-hybridized carbons (Fsp3) is 0.182. The first-order valence-electron chi connectivity index (χ1n) is 4.78. The lowest BCUT2D eigenvalue weighted by molar-refractivity contribution is -0.146. The summed E-state index contributed by atoms with van der Waals surface area (Å²) < 4.78 is 0. The molecule has 82 valence electrons. The summed E-state index contributed by atoms with van der Waals surface area (Å²) >= 11 is 0. The summed E-state index contributed by atoms with van der Waals surface area (Å²) in [5, 5.41) is 17.7. The van der Waals surface area contributed by atoms with Crippen molar-refractivity contribution >= 4 is 17.0 Å². The molecule has 2 N–H and O–H groups in total. The van der Waals surface area contributed by atoms with Gasteiger partial charge in [0.25, 0.3) is 0 Å². The Balaban J connectivity index is 2.29. The molecule has 1 unspecified atom stereocenters. The Kier molecular flexibility index (Phi) is 2.78. The molecule has 1 aromatic heterocycles. The van der Waals surface area contributed by atoms with Gasteiger partial charge >= 0.3 is 5.97 Å². The van der Waals surface area contributed by atoms with Gasteiger partial charge in [-0.05, 0) is 12.1 Å². The van der Waals surface area contributed by atoms with Crippen molar-refractivity contribution in [3.63, 3.8) is 0 Å². The van der Waals surface area contributed by atoms with Crippen molar-refractivity contribution < 1.29 is 15.0 Å². The van der Waals surface area contributed by atoms with Crippen LogP contribution in [-0.2, 0) is 11.2 Å². The molecular weight excluding hydrogens is 208 g/mol. The molecule has 0 aliphatic carbocycles. The standard InChI is InChI=1S/C11H10N2O3/c14-10(11(15)16)5-7-6-12-8-3-1-2-4-9(8)13-7/h1-4,6,10,14H,5H2,(H,15,16). The summed E-state index contributed by atoms with van der Waals surface area (Å²) in [5.74, 6) is -1.25. The zero-order chi connectivity index (χ0) is 11.5. The van der Waals surface area contributed by atoms with Crippen LogP contribution in [0.1, 0.15) is 5.69 Å². The second-order valence-electron chi connectivity index (χ2n) is 3.41. The minimum atomic E-state index is -1.43. The summed E-state index contributed by atoms with van der Waals surface area (Å²) in [6, 6.07) is 7.29. The van der Waals surface area contributed by atoms with E-state index in [2.05, 4.69) is 9.97 Å². The van der Waals surface area contributed by atoms with Gasteiger partial charge in [-0.3, -0.25) is 4.98 Å². The number of aliphatic hydroxyl groups is 1. The predicted molar refractivity (Wildman–Crippen MR) is 56.9 cm³/mol. The fourth-order valence-electron chi connectivity index (χ4n) is 1.38. The minimum absolute atomic E-state index is 0.0346. The third kappa shape index (κ3) is 2.14. The van der Waals surface area contributed by atoms with E-state index in [0.717, 1.165) is 5.52 Å². The Morgan fingerprint density at radius 2 is 2.00 bits per heavy atom. The van der Waals surface area contributed by atoms with Gasteiger partial charge in [-0.1, -0.05) is 12.1 Å². The SMILES string of the molecule is O=C(O)C(O)Cc1cnc2ccccc2n1. The van der Waals surface area contributed by atoms with E-state index in [9.17, 15) is 9.90 Å². The number of carboxylic acid groups (broad SMARTS) is 1. The third-order valence-electron chi connectivity index (χ3n) is 2.19. The van der Waals surface area contributed by atoms with E-state index < -0.39 is 12.1 Å². The molecule has 1 atom stereocenters. The van der Waals surface area contributed by atoms with E-state index in [1.165, 1.54) is 6.20 Å². The molecule has 0 radical (unpaired) electrons. The molecular formula is C11H10N2O3. The number of hydrogen-bond donors (Lipinski definition) is 2. The van der Waals surface area contributed by atoms with Gasteiger partial charge in [0.15, 0.2) is 6.10 Å². The molecule has 0 spiro atoms. The number of hydrogen-bond acceptors (Lipinski definition) is 4. The molecule has 0 saturated carbocycles. The first kappa shape index (κ1) is 10.5. The highest BCUT2D eigenvalue weighted by Gasteiger charge is 2.14. The van der Waals surface area contributed by atoms with Crippen LogP contribution < -0.4 is 0 Å². The summed E-state index contributed by atoms with van der Waals surface area (Å²) in [6.07, 6.45) is 0.0113. The molecule has 0 aliphatic rings. The maximum atomic E-state index is 10.5. The highest BCUT2D eigenvalue weighted by atomic mass is 16.4. The fourth-order valence-corrected chi connectivity index (χ4v) is 1.38. The van der Waals surface area contributed by atoms with Crippen LogP contribution in [0.25, 0.3) is 11.0 Å². The molecule has 16 heavy (non-hydrogen) atoms. The quantitative estimate of drug-likeness (QED) is 0.788. The van der Waals surface area contributed by atoms with E-state index >= 15 is 0 Å². The van der Waals surface area contributed by atoms with Crippen LogP contribution in [0, 0.1) is 0 Å². The summed E-state index contributed by atoms with van der Waals surface area (Å²) in [7, 11) is 0. The molecule has 1 heterocycles. The van der Waals surface area contributed by atoms with Gasteiger partial charge in [-0.15, -0.1) is 0 Å². The smallest absolute Gasteiger partial charge is 0.332 e. The number of para-hydroxylation sites is 2. The third-order valence-corrected chi connectivity index (χ3v) is 2.19. The Bertz CT molecular complexity index is 527. The number of carbonyl (C=O) groups is 1. The van der Waals surface area contributed by atoms with Crippen molar-refractivity contribution in [2.45, 2.75) is 12.5 Å². The average molecular weight is 218 g/mol. The number of aliphatic hydroxyl groups excluding tert-OH is 1. The van der Waals surface area contributed by atoms with Crippen molar-refractivity contribution in [3.05, 3.63) is 36.2 Å². The highest BCUT2D eigenvalue weighted by Crippen LogP contribution is 2.09. The van der Waals surface area contributed by atoms with E-state index in [1.807, 2.05) is 18.2 Å². The molecule has 5 nitrogen and oxygen atoms in total. The van der Waals surface area contributed by atoms with Crippen molar-refractivity contribution in [2.75, 3.05) is 0 Å². The van der Waals surface area contributed by atoms with Crippen LogP contribution in [0.15, 0.2) is 30.5 Å². The minimum Gasteiger partial charge on any atom is -0.479 e. The normalized spacial score (nSPS) is 12.6. The van der Waals surface area contributed by atoms with Gasteiger partial charge in [0.05, 0.1) is 16.7 Å². The average Bonchev–Trinajstić information content (AvgIpc) is 2.28. The number of fused-ring (bicyclic) bond motifs is 1. The summed E-state index contributed by atoms with van der Waals surface area (Å²) in [5.41, 5.74) is 1.90. The number of aliphatic carboxylic acids is 1. The molecule has 0 saturated heterocycles. The highest BCUT2D eigenvalue weighted by molar-refractivity contribution is 5.74. The topological polar surface area (TPSA) is 83.3 Å². The van der Waals surface area contributed by atoms with Gasteiger partial charge in [-0.2, -0.15) is 0 Å². The largest absolute Gasteiger partial charge is 0.479 e.